The molecule has 118 valence electrons. The van der Waals surface area contributed by atoms with Gasteiger partial charge < -0.3 is 4.57 Å². The van der Waals surface area contributed by atoms with Gasteiger partial charge in [0, 0.05) is 22.9 Å². The van der Waals surface area contributed by atoms with Crippen molar-refractivity contribution in [3.8, 4) is 0 Å². The summed E-state index contributed by atoms with van der Waals surface area (Å²) >= 11 is 6.27. The number of nitrogens with zero attached hydrogens (tertiary/aromatic N) is 1. The van der Waals surface area contributed by atoms with E-state index in [0.29, 0.717) is 5.78 Å². The maximum absolute atomic E-state index is 13.0. The van der Waals surface area contributed by atoms with Gasteiger partial charge in [-0.2, -0.15) is 0 Å². The molecule has 2 nitrogen and oxygen atoms in total. The number of aromatic nitrogens is 1. The Labute approximate surface area is 137 Å². The van der Waals surface area contributed by atoms with Crippen LogP contribution in [0.4, 0.5) is 0 Å². The summed E-state index contributed by atoms with van der Waals surface area (Å²) in [6.45, 7) is 5.04. The van der Waals surface area contributed by atoms with Crippen LogP contribution in [-0.4, -0.2) is 10.4 Å². The first-order valence-electron chi connectivity index (χ1n) is 8.51. The first-order valence-corrected chi connectivity index (χ1v) is 8.89. The number of Topliss-reactive ketones (excluding diaryl/α,β-unsaturated/α-hetero) is 1. The minimum absolute atomic E-state index is 0.212. The summed E-state index contributed by atoms with van der Waals surface area (Å²) in [5, 5.41) is 1.95. The second-order valence-corrected chi connectivity index (χ2v) is 6.76. The summed E-state index contributed by atoms with van der Waals surface area (Å²) in [7, 11) is 0. The van der Waals surface area contributed by atoms with Gasteiger partial charge in [0.25, 0.3) is 0 Å². The molecule has 3 rings (SSSR count). The molecule has 0 atom stereocenters. The molecule has 1 aliphatic rings. The van der Waals surface area contributed by atoms with E-state index in [1.165, 1.54) is 30.2 Å². The molecule has 0 amide bonds. The Morgan fingerprint density at radius 3 is 2.55 bits per heavy atom. The Morgan fingerprint density at radius 2 is 1.91 bits per heavy atom. The minimum Gasteiger partial charge on any atom is -0.338 e. The van der Waals surface area contributed by atoms with Gasteiger partial charge in [0.15, 0.2) is 5.78 Å². The van der Waals surface area contributed by atoms with Crippen molar-refractivity contribution in [1.29, 1.82) is 0 Å². The van der Waals surface area contributed by atoms with Gasteiger partial charge in [-0.25, -0.2) is 0 Å². The highest BCUT2D eigenvalue weighted by molar-refractivity contribution is 6.31. The Kier molecular flexibility index (Phi) is 4.58. The lowest BCUT2D eigenvalue weighted by Gasteiger charge is -2.20. The third-order valence-corrected chi connectivity index (χ3v) is 5.22. The maximum atomic E-state index is 13.0. The van der Waals surface area contributed by atoms with E-state index in [-0.39, 0.29) is 5.92 Å². The van der Waals surface area contributed by atoms with Crippen LogP contribution >= 0.6 is 11.6 Å². The smallest absolute Gasteiger partial charge is 0.182 e. The predicted molar refractivity (Wildman–Crippen MR) is 92.9 cm³/mol. The highest BCUT2D eigenvalue weighted by atomic mass is 35.5. The molecule has 2 aromatic rings. The summed E-state index contributed by atoms with van der Waals surface area (Å²) in [5.74, 6) is 0.542. The zero-order chi connectivity index (χ0) is 15.7. The molecule has 1 fully saturated rings. The first-order chi connectivity index (χ1) is 10.7. The fourth-order valence-corrected chi connectivity index (χ4v) is 4.04. The van der Waals surface area contributed by atoms with E-state index < -0.39 is 0 Å². The van der Waals surface area contributed by atoms with Gasteiger partial charge in [-0.1, -0.05) is 37.8 Å². The molecule has 1 saturated carbocycles. The van der Waals surface area contributed by atoms with E-state index in [1.54, 1.807) is 0 Å². The van der Waals surface area contributed by atoms with Crippen LogP contribution in [0, 0.1) is 5.92 Å². The van der Waals surface area contributed by atoms with E-state index in [4.69, 9.17) is 11.6 Å². The van der Waals surface area contributed by atoms with Crippen LogP contribution in [0.3, 0.4) is 0 Å². The molecule has 22 heavy (non-hydrogen) atoms. The van der Waals surface area contributed by atoms with Gasteiger partial charge in [0.1, 0.15) is 0 Å². The summed E-state index contributed by atoms with van der Waals surface area (Å²) in [6.07, 6.45) is 6.68. The molecule has 1 heterocycles. The summed E-state index contributed by atoms with van der Waals surface area (Å²) < 4.78 is 2.15. The molecular weight excluding hydrogens is 294 g/mol. The average molecular weight is 318 g/mol. The van der Waals surface area contributed by atoms with Gasteiger partial charge in [-0.3, -0.25) is 4.79 Å². The minimum atomic E-state index is 0.212. The van der Waals surface area contributed by atoms with Crippen molar-refractivity contribution in [2.75, 3.05) is 0 Å². The molecule has 0 saturated heterocycles. The van der Waals surface area contributed by atoms with E-state index in [2.05, 4.69) is 24.5 Å². The van der Waals surface area contributed by atoms with E-state index in [0.717, 1.165) is 42.0 Å². The Morgan fingerprint density at radius 1 is 1.18 bits per heavy atom. The van der Waals surface area contributed by atoms with Crippen molar-refractivity contribution in [2.45, 2.75) is 58.9 Å². The molecule has 0 radical (unpaired) electrons. The van der Waals surface area contributed by atoms with E-state index in [9.17, 15) is 4.79 Å². The van der Waals surface area contributed by atoms with Crippen molar-refractivity contribution in [3.05, 3.63) is 34.5 Å². The topological polar surface area (TPSA) is 22.0 Å². The predicted octanol–water partition coefficient (Wildman–Crippen LogP) is 5.64. The van der Waals surface area contributed by atoms with Crippen molar-refractivity contribution >= 4 is 28.3 Å². The van der Waals surface area contributed by atoms with Crippen molar-refractivity contribution in [2.24, 2.45) is 5.92 Å². The molecule has 1 aromatic heterocycles. The fourth-order valence-electron chi connectivity index (χ4n) is 3.80. The van der Waals surface area contributed by atoms with Gasteiger partial charge in [-0.15, -0.1) is 0 Å². The van der Waals surface area contributed by atoms with Crippen LogP contribution in [0.15, 0.2) is 18.2 Å². The Bertz CT molecular complexity index is 695. The second-order valence-electron chi connectivity index (χ2n) is 6.32. The zero-order valence-corrected chi connectivity index (χ0v) is 14.2. The van der Waals surface area contributed by atoms with Crippen LogP contribution in [0.5, 0.6) is 0 Å². The highest BCUT2D eigenvalue weighted by Crippen LogP contribution is 2.32. The molecule has 0 unspecified atom stereocenters. The highest BCUT2D eigenvalue weighted by Gasteiger charge is 2.26. The summed E-state index contributed by atoms with van der Waals surface area (Å²) in [6, 6.07) is 6.13. The number of hydrogen-bond donors (Lipinski definition) is 0. The van der Waals surface area contributed by atoms with Gasteiger partial charge in [0.2, 0.25) is 0 Å². The van der Waals surface area contributed by atoms with Crippen LogP contribution in [-0.2, 0) is 13.0 Å². The van der Waals surface area contributed by atoms with Crippen molar-refractivity contribution in [3.63, 3.8) is 0 Å². The van der Waals surface area contributed by atoms with Gasteiger partial charge in [-0.05, 0) is 49.9 Å². The van der Waals surface area contributed by atoms with E-state index in [1.807, 2.05) is 12.1 Å². The lowest BCUT2D eigenvalue weighted by Crippen LogP contribution is -2.20. The van der Waals surface area contributed by atoms with Gasteiger partial charge in [0.05, 0.1) is 11.2 Å². The largest absolute Gasteiger partial charge is 0.338 e. The zero-order valence-electron chi connectivity index (χ0n) is 13.5. The lowest BCUT2D eigenvalue weighted by atomic mass is 9.85. The normalized spacial score (nSPS) is 16.3. The number of rotatable bonds is 4. The van der Waals surface area contributed by atoms with Crippen LogP contribution in [0.2, 0.25) is 5.02 Å². The van der Waals surface area contributed by atoms with Crippen molar-refractivity contribution in [1.82, 2.24) is 4.57 Å². The number of aryl methyl sites for hydroxylation is 2. The number of benzene rings is 1. The number of halogens is 1. The Hall–Kier alpha value is -1.28. The summed E-state index contributed by atoms with van der Waals surface area (Å²) in [5.41, 5.74) is 3.21. The molecule has 3 heteroatoms. The Balaban J connectivity index is 2.10. The third kappa shape index (κ3) is 2.69. The number of fused-ring (bicyclic) bond motifs is 1. The fraction of sp³-hybridized carbons (Fsp3) is 0.526. The molecule has 0 aliphatic heterocycles. The molecule has 0 N–H and O–H groups in total. The summed E-state index contributed by atoms with van der Waals surface area (Å²) in [4.78, 5) is 13.0. The first kappa shape index (κ1) is 15.6. The van der Waals surface area contributed by atoms with Crippen LogP contribution in [0.25, 0.3) is 10.9 Å². The molecule has 1 aliphatic carbocycles. The SMILES string of the molecule is CCc1cc(Cl)cc2c1cc(C(=O)C1CCCCC1)n2CC. The third-order valence-electron chi connectivity index (χ3n) is 5.00. The van der Waals surface area contributed by atoms with Crippen LogP contribution in [0.1, 0.15) is 62.0 Å². The number of carbonyl (C=O) groups excluding carboxylic acids is 1. The monoisotopic (exact) mass is 317 g/mol. The molecule has 0 bridgehead atoms. The van der Waals surface area contributed by atoms with Crippen LogP contribution < -0.4 is 0 Å². The molecule has 0 spiro atoms. The number of ketones is 1. The standard InChI is InChI=1S/C19H24ClNO/c1-3-13-10-15(20)11-17-16(13)12-18(21(17)4-2)19(22)14-8-6-5-7-9-14/h10-12,14H,3-9H2,1-2H3. The quantitative estimate of drug-likeness (QED) is 0.669. The van der Waals surface area contributed by atoms with Gasteiger partial charge >= 0.3 is 0 Å². The second kappa shape index (κ2) is 6.45. The van der Waals surface area contributed by atoms with E-state index >= 15 is 0 Å². The maximum Gasteiger partial charge on any atom is 0.182 e. The lowest BCUT2D eigenvalue weighted by molar-refractivity contribution is 0.0880. The molecular formula is C19H24ClNO. The number of hydrogen-bond acceptors (Lipinski definition) is 1. The average Bonchev–Trinajstić information content (AvgIpc) is 2.92. The van der Waals surface area contributed by atoms with Crippen molar-refractivity contribution < 1.29 is 4.79 Å². The number of carbonyl (C=O) groups is 1. The molecule has 1 aromatic carbocycles.